The number of carbonyl (C=O) groups is 1. The number of benzene rings is 1. The second kappa shape index (κ2) is 6.61. The van der Waals surface area contributed by atoms with Crippen molar-refractivity contribution < 1.29 is 13.4 Å². The van der Waals surface area contributed by atoms with Crippen molar-refractivity contribution in [1.29, 1.82) is 0 Å². The van der Waals surface area contributed by atoms with Gasteiger partial charge in [-0.2, -0.15) is 0 Å². The van der Waals surface area contributed by atoms with E-state index in [0.717, 1.165) is 5.56 Å². The number of amides is 1. The fourth-order valence-electron chi connectivity index (χ4n) is 1.42. The van der Waals surface area contributed by atoms with Gasteiger partial charge in [0.1, 0.15) is 11.6 Å². The van der Waals surface area contributed by atoms with Crippen molar-refractivity contribution in [3.05, 3.63) is 35.1 Å². The van der Waals surface area contributed by atoms with E-state index in [2.05, 4.69) is 0 Å². The molecular formula is C12H17FN2O2S. The maximum absolute atomic E-state index is 13.0. The Hall–Kier alpha value is -1.27. The van der Waals surface area contributed by atoms with Crippen molar-refractivity contribution in [3.8, 4) is 0 Å². The second-order valence-electron chi connectivity index (χ2n) is 4.13. The SMILES string of the molecule is CN(C)C(=O)CS(=O)Cc1ccc(F)cc1CN. The highest BCUT2D eigenvalue weighted by atomic mass is 32.2. The Labute approximate surface area is 108 Å². The predicted molar refractivity (Wildman–Crippen MR) is 69.7 cm³/mol. The normalized spacial score (nSPS) is 12.2. The Kier molecular flexibility index (Phi) is 5.43. The molecule has 0 aromatic heterocycles. The topological polar surface area (TPSA) is 63.4 Å². The lowest BCUT2D eigenvalue weighted by Crippen LogP contribution is -2.27. The van der Waals surface area contributed by atoms with Crippen molar-refractivity contribution in [2.45, 2.75) is 12.3 Å². The standard InChI is InChI=1S/C12H17FN2O2S/c1-15(2)12(16)8-18(17)7-9-3-4-11(13)5-10(9)6-14/h3-5H,6-8,14H2,1-2H3. The van der Waals surface area contributed by atoms with E-state index in [4.69, 9.17) is 5.73 Å². The molecule has 0 bridgehead atoms. The van der Waals surface area contributed by atoms with Crippen LogP contribution in [0, 0.1) is 5.82 Å². The van der Waals surface area contributed by atoms with Gasteiger partial charge in [0.2, 0.25) is 5.91 Å². The Morgan fingerprint density at radius 1 is 1.39 bits per heavy atom. The highest BCUT2D eigenvalue weighted by Gasteiger charge is 2.12. The van der Waals surface area contributed by atoms with Crippen molar-refractivity contribution in [2.75, 3.05) is 19.8 Å². The summed E-state index contributed by atoms with van der Waals surface area (Å²) in [6.07, 6.45) is 0. The summed E-state index contributed by atoms with van der Waals surface area (Å²) in [4.78, 5) is 12.8. The minimum absolute atomic E-state index is 0.0333. The number of rotatable bonds is 5. The van der Waals surface area contributed by atoms with Crippen LogP contribution in [0.1, 0.15) is 11.1 Å². The van der Waals surface area contributed by atoms with E-state index >= 15 is 0 Å². The van der Waals surface area contributed by atoms with Gasteiger partial charge in [-0.15, -0.1) is 0 Å². The first kappa shape index (κ1) is 14.8. The van der Waals surface area contributed by atoms with Gasteiger partial charge in [0.05, 0.1) is 0 Å². The molecule has 2 N–H and O–H groups in total. The van der Waals surface area contributed by atoms with Gasteiger partial charge in [0.25, 0.3) is 0 Å². The van der Waals surface area contributed by atoms with E-state index in [9.17, 15) is 13.4 Å². The lowest BCUT2D eigenvalue weighted by molar-refractivity contribution is -0.125. The van der Waals surface area contributed by atoms with Crippen LogP contribution >= 0.6 is 0 Å². The molecule has 1 rings (SSSR count). The van der Waals surface area contributed by atoms with Crippen LogP contribution in [-0.4, -0.2) is 34.9 Å². The van der Waals surface area contributed by atoms with Crippen LogP contribution in [0.2, 0.25) is 0 Å². The van der Waals surface area contributed by atoms with E-state index in [-0.39, 0.29) is 29.8 Å². The zero-order valence-corrected chi connectivity index (χ0v) is 11.3. The molecule has 1 aromatic rings. The number of nitrogens with two attached hydrogens (primary N) is 1. The van der Waals surface area contributed by atoms with E-state index in [1.54, 1.807) is 20.2 Å². The maximum Gasteiger partial charge on any atom is 0.234 e. The van der Waals surface area contributed by atoms with Crippen molar-refractivity contribution in [3.63, 3.8) is 0 Å². The van der Waals surface area contributed by atoms with Crippen LogP contribution in [0.25, 0.3) is 0 Å². The van der Waals surface area contributed by atoms with Gasteiger partial charge in [-0.3, -0.25) is 9.00 Å². The summed E-state index contributed by atoms with van der Waals surface area (Å²) in [5, 5.41) is 0. The fraction of sp³-hybridized carbons (Fsp3) is 0.417. The molecule has 1 aromatic carbocycles. The molecule has 0 spiro atoms. The monoisotopic (exact) mass is 272 g/mol. The van der Waals surface area contributed by atoms with Crippen LogP contribution in [-0.2, 0) is 27.9 Å². The molecule has 1 unspecified atom stereocenters. The van der Waals surface area contributed by atoms with E-state index in [1.165, 1.54) is 17.0 Å². The summed E-state index contributed by atoms with van der Waals surface area (Å²) in [5.41, 5.74) is 6.86. The van der Waals surface area contributed by atoms with Gasteiger partial charge in [-0.25, -0.2) is 4.39 Å². The Balaban J connectivity index is 2.73. The molecule has 0 saturated heterocycles. The summed E-state index contributed by atoms with van der Waals surface area (Å²) in [6.45, 7) is 0.186. The first-order chi connectivity index (χ1) is 8.43. The zero-order chi connectivity index (χ0) is 13.7. The number of halogens is 1. The van der Waals surface area contributed by atoms with Crippen molar-refractivity contribution >= 4 is 16.7 Å². The highest BCUT2D eigenvalue weighted by Crippen LogP contribution is 2.13. The fourth-order valence-corrected chi connectivity index (χ4v) is 2.68. The minimum Gasteiger partial charge on any atom is -0.348 e. The van der Waals surface area contributed by atoms with Gasteiger partial charge in [0.15, 0.2) is 0 Å². The van der Waals surface area contributed by atoms with Gasteiger partial charge >= 0.3 is 0 Å². The predicted octanol–water partition coefficient (Wildman–Crippen LogP) is 0.621. The molecule has 4 nitrogen and oxygen atoms in total. The Morgan fingerprint density at radius 3 is 2.61 bits per heavy atom. The second-order valence-corrected chi connectivity index (χ2v) is 5.59. The third-order valence-electron chi connectivity index (χ3n) is 2.49. The van der Waals surface area contributed by atoms with E-state index in [1.807, 2.05) is 0 Å². The average molecular weight is 272 g/mol. The molecule has 6 heteroatoms. The lowest BCUT2D eigenvalue weighted by Gasteiger charge is -2.11. The third kappa shape index (κ3) is 4.19. The quantitative estimate of drug-likeness (QED) is 0.854. The molecule has 1 atom stereocenters. The van der Waals surface area contributed by atoms with Crippen molar-refractivity contribution in [1.82, 2.24) is 4.90 Å². The first-order valence-electron chi connectivity index (χ1n) is 5.46. The van der Waals surface area contributed by atoms with Crippen LogP contribution in [0.15, 0.2) is 18.2 Å². The van der Waals surface area contributed by atoms with Crippen LogP contribution in [0.5, 0.6) is 0 Å². The Bertz CT molecular complexity index is 463. The number of hydrogen-bond acceptors (Lipinski definition) is 3. The molecule has 0 radical (unpaired) electrons. The van der Waals surface area contributed by atoms with Crippen LogP contribution in [0.3, 0.4) is 0 Å². The lowest BCUT2D eigenvalue weighted by atomic mass is 10.1. The van der Waals surface area contributed by atoms with Gasteiger partial charge in [-0.1, -0.05) is 6.07 Å². The smallest absolute Gasteiger partial charge is 0.234 e. The summed E-state index contributed by atoms with van der Waals surface area (Å²) in [7, 11) is 1.92. The van der Waals surface area contributed by atoms with Crippen molar-refractivity contribution in [2.24, 2.45) is 5.73 Å². The zero-order valence-electron chi connectivity index (χ0n) is 10.5. The van der Waals surface area contributed by atoms with E-state index < -0.39 is 10.8 Å². The van der Waals surface area contributed by atoms with Crippen LogP contribution < -0.4 is 5.73 Å². The van der Waals surface area contributed by atoms with Gasteiger partial charge in [0, 0.05) is 37.2 Å². The summed E-state index contributed by atoms with van der Waals surface area (Å²) in [6, 6.07) is 4.20. The molecule has 0 aliphatic heterocycles. The minimum atomic E-state index is -1.31. The maximum atomic E-state index is 13.0. The third-order valence-corrected chi connectivity index (χ3v) is 3.69. The molecule has 0 aliphatic rings. The van der Waals surface area contributed by atoms with Gasteiger partial charge in [-0.05, 0) is 23.3 Å². The molecule has 0 saturated carbocycles. The molecule has 0 heterocycles. The molecule has 0 aliphatic carbocycles. The summed E-state index contributed by atoms with van der Waals surface area (Å²) >= 11 is 0. The first-order valence-corrected chi connectivity index (χ1v) is 6.95. The molecule has 1 amide bonds. The number of hydrogen-bond donors (Lipinski definition) is 1. The summed E-state index contributed by atoms with van der Waals surface area (Å²) < 4.78 is 24.8. The van der Waals surface area contributed by atoms with E-state index in [0.29, 0.717) is 5.56 Å². The number of nitrogens with zero attached hydrogens (tertiary/aromatic N) is 1. The Morgan fingerprint density at radius 2 is 2.06 bits per heavy atom. The molecular weight excluding hydrogens is 255 g/mol. The molecule has 100 valence electrons. The van der Waals surface area contributed by atoms with Crippen LogP contribution in [0.4, 0.5) is 4.39 Å². The molecule has 18 heavy (non-hydrogen) atoms. The largest absolute Gasteiger partial charge is 0.348 e. The summed E-state index contributed by atoms with van der Waals surface area (Å²) in [5.74, 6) is -0.375. The van der Waals surface area contributed by atoms with Gasteiger partial charge < -0.3 is 10.6 Å². The molecule has 0 fully saturated rings. The average Bonchev–Trinajstić information content (AvgIpc) is 2.31. The highest BCUT2D eigenvalue weighted by molar-refractivity contribution is 7.84. The number of carbonyl (C=O) groups excluding carboxylic acids is 1.